The number of ketones is 1. The van der Waals surface area contributed by atoms with Gasteiger partial charge >= 0.3 is 0 Å². The van der Waals surface area contributed by atoms with Crippen LogP contribution in [-0.2, 0) is 6.54 Å². The van der Waals surface area contributed by atoms with E-state index in [-0.39, 0.29) is 17.1 Å². The van der Waals surface area contributed by atoms with Crippen LogP contribution in [0.1, 0.15) is 45.0 Å². The number of Topliss-reactive ketones (excluding diaryl/α,β-unsaturated/α-hetero) is 1. The zero-order chi connectivity index (χ0) is 11.6. The second-order valence-corrected chi connectivity index (χ2v) is 5.51. The second-order valence-electron chi connectivity index (χ2n) is 5.51. The average molecular weight is 208 g/mol. The molecule has 1 aromatic heterocycles. The topological polar surface area (TPSA) is 34.9 Å². The summed E-state index contributed by atoms with van der Waals surface area (Å²) >= 11 is 0. The third kappa shape index (κ3) is 3.50. The first-order chi connectivity index (χ1) is 6.79. The number of carbonyl (C=O) groups is 1. The predicted octanol–water partition coefficient (Wildman–Crippen LogP) is 2.77. The van der Waals surface area contributed by atoms with Gasteiger partial charge in [0.2, 0.25) is 0 Å². The number of aromatic nitrogens is 2. The molecule has 0 amide bonds. The Bertz CT molecular complexity index is 345. The Morgan fingerprint density at radius 2 is 2.07 bits per heavy atom. The van der Waals surface area contributed by atoms with Crippen molar-refractivity contribution in [1.82, 2.24) is 9.78 Å². The number of rotatable bonds is 3. The summed E-state index contributed by atoms with van der Waals surface area (Å²) in [7, 11) is 0. The van der Waals surface area contributed by atoms with Crippen LogP contribution in [0.3, 0.4) is 0 Å². The first-order valence-electron chi connectivity index (χ1n) is 5.36. The fraction of sp³-hybridized carbons (Fsp3) is 0.667. The van der Waals surface area contributed by atoms with Crippen LogP contribution in [0.4, 0.5) is 0 Å². The van der Waals surface area contributed by atoms with Crippen LogP contribution in [-0.4, -0.2) is 15.6 Å². The smallest absolute Gasteiger partial charge is 0.168 e. The fourth-order valence-electron chi connectivity index (χ4n) is 1.40. The van der Waals surface area contributed by atoms with E-state index < -0.39 is 0 Å². The van der Waals surface area contributed by atoms with Gasteiger partial charge in [-0.3, -0.25) is 9.48 Å². The van der Waals surface area contributed by atoms with Gasteiger partial charge in [0.25, 0.3) is 0 Å². The molecular formula is C12H20N2O. The molecule has 0 N–H and O–H groups in total. The van der Waals surface area contributed by atoms with Crippen LogP contribution in [0, 0.1) is 11.3 Å². The van der Waals surface area contributed by atoms with E-state index in [1.54, 1.807) is 6.20 Å². The van der Waals surface area contributed by atoms with Crippen LogP contribution in [0.2, 0.25) is 0 Å². The first-order valence-corrected chi connectivity index (χ1v) is 5.36. The highest BCUT2D eigenvalue weighted by Crippen LogP contribution is 2.16. The van der Waals surface area contributed by atoms with Gasteiger partial charge in [0.05, 0.1) is 11.8 Å². The van der Waals surface area contributed by atoms with Gasteiger partial charge in [-0.15, -0.1) is 0 Å². The summed E-state index contributed by atoms with van der Waals surface area (Å²) in [6.07, 6.45) is 3.50. The van der Waals surface area contributed by atoms with Crippen molar-refractivity contribution < 1.29 is 4.79 Å². The van der Waals surface area contributed by atoms with Crippen molar-refractivity contribution in [1.29, 1.82) is 0 Å². The van der Waals surface area contributed by atoms with Gasteiger partial charge in [-0.1, -0.05) is 34.6 Å². The summed E-state index contributed by atoms with van der Waals surface area (Å²) in [5.41, 5.74) is 0.902. The molecule has 0 spiro atoms. The van der Waals surface area contributed by atoms with E-state index in [0.717, 1.165) is 6.54 Å². The summed E-state index contributed by atoms with van der Waals surface area (Å²) in [6, 6.07) is 0. The van der Waals surface area contributed by atoms with Crippen LogP contribution >= 0.6 is 0 Å². The van der Waals surface area contributed by atoms with E-state index in [1.165, 1.54) is 0 Å². The molecule has 3 nitrogen and oxygen atoms in total. The molecule has 0 radical (unpaired) electrons. The van der Waals surface area contributed by atoms with E-state index in [9.17, 15) is 4.79 Å². The molecule has 0 fully saturated rings. The number of hydrogen-bond acceptors (Lipinski definition) is 2. The molecule has 0 unspecified atom stereocenters. The van der Waals surface area contributed by atoms with E-state index in [2.05, 4.69) is 25.9 Å². The van der Waals surface area contributed by atoms with Crippen molar-refractivity contribution in [3.8, 4) is 0 Å². The van der Waals surface area contributed by atoms with Gasteiger partial charge in [-0.05, 0) is 5.41 Å². The Morgan fingerprint density at radius 1 is 1.47 bits per heavy atom. The van der Waals surface area contributed by atoms with Crippen LogP contribution < -0.4 is 0 Å². The Morgan fingerprint density at radius 3 is 2.53 bits per heavy atom. The zero-order valence-electron chi connectivity index (χ0n) is 10.2. The van der Waals surface area contributed by atoms with Gasteiger partial charge in [0.15, 0.2) is 5.78 Å². The van der Waals surface area contributed by atoms with Crippen molar-refractivity contribution in [2.75, 3.05) is 0 Å². The molecule has 0 saturated carbocycles. The molecule has 0 aliphatic heterocycles. The molecular weight excluding hydrogens is 188 g/mol. The predicted molar refractivity (Wildman–Crippen MR) is 60.9 cm³/mol. The Kier molecular flexibility index (Phi) is 3.32. The molecule has 1 heterocycles. The summed E-state index contributed by atoms with van der Waals surface area (Å²) in [4.78, 5) is 11.7. The molecule has 0 bridgehead atoms. The third-order valence-electron chi connectivity index (χ3n) is 2.08. The molecule has 15 heavy (non-hydrogen) atoms. The highest BCUT2D eigenvalue weighted by atomic mass is 16.1. The summed E-state index contributed by atoms with van der Waals surface area (Å²) in [6.45, 7) is 11.1. The maximum absolute atomic E-state index is 11.7. The van der Waals surface area contributed by atoms with Crippen LogP contribution in [0.15, 0.2) is 12.4 Å². The van der Waals surface area contributed by atoms with Crippen molar-refractivity contribution in [2.24, 2.45) is 11.3 Å². The SMILES string of the molecule is CC(C)C(=O)c1cnn(CC(C)(C)C)c1. The quantitative estimate of drug-likeness (QED) is 0.716. The molecule has 0 aliphatic carbocycles. The van der Waals surface area contributed by atoms with Gasteiger partial charge in [-0.25, -0.2) is 0 Å². The van der Waals surface area contributed by atoms with E-state index >= 15 is 0 Å². The fourth-order valence-corrected chi connectivity index (χ4v) is 1.40. The Hall–Kier alpha value is -1.12. The zero-order valence-corrected chi connectivity index (χ0v) is 10.2. The molecule has 1 rings (SSSR count). The largest absolute Gasteiger partial charge is 0.294 e. The number of carbonyl (C=O) groups excluding carboxylic acids is 1. The molecule has 0 aromatic carbocycles. The third-order valence-corrected chi connectivity index (χ3v) is 2.08. The van der Waals surface area contributed by atoms with Gasteiger partial charge in [0.1, 0.15) is 0 Å². The lowest BCUT2D eigenvalue weighted by atomic mass is 9.97. The minimum atomic E-state index is 0.0392. The molecule has 3 heteroatoms. The molecule has 0 aliphatic rings. The lowest BCUT2D eigenvalue weighted by molar-refractivity contribution is 0.0939. The molecule has 1 aromatic rings. The lowest BCUT2D eigenvalue weighted by Crippen LogP contribution is -2.15. The summed E-state index contributed by atoms with van der Waals surface area (Å²) < 4.78 is 1.84. The van der Waals surface area contributed by atoms with Crippen LogP contribution in [0.25, 0.3) is 0 Å². The lowest BCUT2D eigenvalue weighted by Gasteiger charge is -2.17. The minimum Gasteiger partial charge on any atom is -0.294 e. The summed E-state index contributed by atoms with van der Waals surface area (Å²) in [5, 5.41) is 4.20. The van der Waals surface area contributed by atoms with Gasteiger partial charge in [-0.2, -0.15) is 5.10 Å². The monoisotopic (exact) mass is 208 g/mol. The van der Waals surface area contributed by atoms with Crippen molar-refractivity contribution in [3.05, 3.63) is 18.0 Å². The van der Waals surface area contributed by atoms with E-state index in [1.807, 2.05) is 24.7 Å². The second kappa shape index (κ2) is 4.17. The Balaban J connectivity index is 2.77. The minimum absolute atomic E-state index is 0.0392. The number of hydrogen-bond donors (Lipinski definition) is 0. The number of nitrogens with zero attached hydrogens (tertiary/aromatic N) is 2. The highest BCUT2D eigenvalue weighted by molar-refractivity contribution is 5.96. The molecule has 0 atom stereocenters. The average Bonchev–Trinajstić information content (AvgIpc) is 2.48. The van der Waals surface area contributed by atoms with E-state index in [0.29, 0.717) is 5.56 Å². The van der Waals surface area contributed by atoms with Crippen LogP contribution in [0.5, 0.6) is 0 Å². The van der Waals surface area contributed by atoms with E-state index in [4.69, 9.17) is 0 Å². The first kappa shape index (κ1) is 12.0. The van der Waals surface area contributed by atoms with Crippen molar-refractivity contribution in [3.63, 3.8) is 0 Å². The Labute approximate surface area is 91.5 Å². The standard InChI is InChI=1S/C12H20N2O/c1-9(2)11(15)10-6-13-14(7-10)8-12(3,4)5/h6-7,9H,8H2,1-5H3. The molecule has 84 valence electrons. The molecule has 0 saturated heterocycles. The van der Waals surface area contributed by atoms with Crippen molar-refractivity contribution in [2.45, 2.75) is 41.2 Å². The van der Waals surface area contributed by atoms with Crippen molar-refractivity contribution >= 4 is 5.78 Å². The highest BCUT2D eigenvalue weighted by Gasteiger charge is 2.15. The maximum Gasteiger partial charge on any atom is 0.168 e. The van der Waals surface area contributed by atoms with Gasteiger partial charge in [0, 0.05) is 18.7 Å². The van der Waals surface area contributed by atoms with Gasteiger partial charge < -0.3 is 0 Å². The summed E-state index contributed by atoms with van der Waals surface area (Å²) in [5.74, 6) is 0.201. The normalized spacial score (nSPS) is 12.1. The maximum atomic E-state index is 11.7.